The fourth-order valence-corrected chi connectivity index (χ4v) is 1.81. The Morgan fingerprint density at radius 2 is 2.44 bits per heavy atom. The lowest BCUT2D eigenvalue weighted by Gasteiger charge is -2.19. The molecule has 0 radical (unpaired) electrons. The second kappa shape index (κ2) is 5.07. The Kier molecular flexibility index (Phi) is 3.51. The highest BCUT2D eigenvalue weighted by Crippen LogP contribution is 2.26. The van der Waals surface area contributed by atoms with Gasteiger partial charge in [-0.3, -0.25) is 4.98 Å². The van der Waals surface area contributed by atoms with Crippen molar-refractivity contribution >= 4 is 0 Å². The number of nitrogens with one attached hydrogen (secondary N) is 1. The van der Waals surface area contributed by atoms with E-state index in [1.165, 1.54) is 12.3 Å². The predicted molar refractivity (Wildman–Crippen MR) is 59.3 cm³/mol. The van der Waals surface area contributed by atoms with Gasteiger partial charge in [0, 0.05) is 12.6 Å². The molecule has 0 amide bonds. The average molecular weight is 222 g/mol. The number of rotatable bonds is 4. The molecule has 4 heteroatoms. The van der Waals surface area contributed by atoms with Crippen molar-refractivity contribution in [3.63, 3.8) is 0 Å². The lowest BCUT2D eigenvalue weighted by Crippen LogP contribution is -2.23. The average Bonchev–Trinajstić information content (AvgIpc) is 2.79. The summed E-state index contributed by atoms with van der Waals surface area (Å²) in [6, 6.07) is 1.40. The fraction of sp³-hybridized carbons (Fsp3) is 0.417. The zero-order chi connectivity index (χ0) is 11.4. The number of ether oxygens (including phenoxy) is 1. The van der Waals surface area contributed by atoms with Gasteiger partial charge in [-0.25, -0.2) is 4.39 Å². The monoisotopic (exact) mass is 222 g/mol. The van der Waals surface area contributed by atoms with E-state index in [0.717, 1.165) is 24.3 Å². The van der Waals surface area contributed by atoms with Crippen LogP contribution in [0, 0.1) is 5.82 Å². The summed E-state index contributed by atoms with van der Waals surface area (Å²) >= 11 is 0. The third-order valence-electron chi connectivity index (χ3n) is 2.48. The van der Waals surface area contributed by atoms with E-state index >= 15 is 0 Å². The minimum atomic E-state index is -0.320. The Bertz CT molecular complexity index is 392. The molecule has 1 atom stereocenters. The molecule has 1 aliphatic heterocycles. The number of hydrogen-bond donors (Lipinski definition) is 1. The third-order valence-corrected chi connectivity index (χ3v) is 2.48. The molecule has 1 unspecified atom stereocenters. The van der Waals surface area contributed by atoms with Gasteiger partial charge in [-0.1, -0.05) is 6.92 Å². The van der Waals surface area contributed by atoms with Crippen LogP contribution in [-0.2, 0) is 4.74 Å². The highest BCUT2D eigenvalue weighted by Gasteiger charge is 2.20. The van der Waals surface area contributed by atoms with Crippen molar-refractivity contribution in [3.05, 3.63) is 41.7 Å². The Morgan fingerprint density at radius 3 is 3.06 bits per heavy atom. The van der Waals surface area contributed by atoms with E-state index in [-0.39, 0.29) is 11.9 Å². The zero-order valence-corrected chi connectivity index (χ0v) is 9.24. The van der Waals surface area contributed by atoms with Gasteiger partial charge < -0.3 is 10.1 Å². The van der Waals surface area contributed by atoms with E-state index in [1.807, 2.05) is 13.0 Å². The molecule has 0 aliphatic carbocycles. The predicted octanol–water partition coefficient (Wildman–Crippen LogP) is 2.18. The Labute approximate surface area is 94.3 Å². The zero-order valence-electron chi connectivity index (χ0n) is 9.24. The molecular weight excluding hydrogens is 207 g/mol. The molecule has 3 nitrogen and oxygen atoms in total. The highest BCUT2D eigenvalue weighted by atomic mass is 19.1. The SMILES string of the molecule is CCNC(C1=CCCO1)c1cncc(F)c1. The van der Waals surface area contributed by atoms with Gasteiger partial charge in [0.2, 0.25) is 0 Å². The topological polar surface area (TPSA) is 34.1 Å². The number of aromatic nitrogens is 1. The van der Waals surface area contributed by atoms with Crippen LogP contribution in [0.4, 0.5) is 4.39 Å². The van der Waals surface area contributed by atoms with E-state index in [0.29, 0.717) is 6.61 Å². The smallest absolute Gasteiger partial charge is 0.141 e. The van der Waals surface area contributed by atoms with Gasteiger partial charge in [0.15, 0.2) is 0 Å². The summed E-state index contributed by atoms with van der Waals surface area (Å²) in [6.07, 6.45) is 5.83. The molecule has 1 N–H and O–H groups in total. The van der Waals surface area contributed by atoms with E-state index < -0.39 is 0 Å². The van der Waals surface area contributed by atoms with Gasteiger partial charge in [0.25, 0.3) is 0 Å². The van der Waals surface area contributed by atoms with Crippen LogP contribution in [-0.4, -0.2) is 18.1 Å². The fourth-order valence-electron chi connectivity index (χ4n) is 1.81. The molecule has 0 saturated heterocycles. The van der Waals surface area contributed by atoms with Crippen LogP contribution in [0.2, 0.25) is 0 Å². The molecule has 1 aromatic heterocycles. The maximum atomic E-state index is 13.1. The Morgan fingerprint density at radius 1 is 1.56 bits per heavy atom. The maximum absolute atomic E-state index is 13.1. The van der Waals surface area contributed by atoms with Gasteiger partial charge in [-0.05, 0) is 24.3 Å². The summed E-state index contributed by atoms with van der Waals surface area (Å²) in [4.78, 5) is 3.86. The van der Waals surface area contributed by atoms with Crippen molar-refractivity contribution in [1.82, 2.24) is 10.3 Å². The quantitative estimate of drug-likeness (QED) is 0.847. The molecule has 0 aromatic carbocycles. The molecule has 1 aromatic rings. The summed E-state index contributed by atoms with van der Waals surface area (Å²) in [5.74, 6) is 0.549. The van der Waals surface area contributed by atoms with E-state index in [4.69, 9.17) is 4.74 Å². The minimum absolute atomic E-state index is 0.0873. The molecule has 0 bridgehead atoms. The van der Waals surface area contributed by atoms with Crippen LogP contribution < -0.4 is 5.32 Å². The molecule has 2 rings (SSSR count). The Hall–Kier alpha value is -1.42. The summed E-state index contributed by atoms with van der Waals surface area (Å²) in [7, 11) is 0. The van der Waals surface area contributed by atoms with Crippen LogP contribution in [0.15, 0.2) is 30.3 Å². The highest BCUT2D eigenvalue weighted by molar-refractivity contribution is 5.24. The first kappa shape index (κ1) is 11.1. The number of likely N-dealkylation sites (N-methyl/N-ethyl adjacent to an activating group) is 1. The van der Waals surface area contributed by atoms with Crippen molar-refractivity contribution in [1.29, 1.82) is 0 Å². The minimum Gasteiger partial charge on any atom is -0.496 e. The van der Waals surface area contributed by atoms with Crippen molar-refractivity contribution in [3.8, 4) is 0 Å². The van der Waals surface area contributed by atoms with Crippen LogP contribution in [0.25, 0.3) is 0 Å². The van der Waals surface area contributed by atoms with Crippen molar-refractivity contribution in [2.75, 3.05) is 13.2 Å². The summed E-state index contributed by atoms with van der Waals surface area (Å²) in [5, 5.41) is 3.27. The molecule has 0 saturated carbocycles. The molecule has 1 aliphatic rings. The van der Waals surface area contributed by atoms with E-state index in [2.05, 4.69) is 10.3 Å². The van der Waals surface area contributed by atoms with Crippen molar-refractivity contribution < 1.29 is 9.13 Å². The second-order valence-corrected chi connectivity index (χ2v) is 3.67. The van der Waals surface area contributed by atoms with Crippen LogP contribution >= 0.6 is 0 Å². The number of nitrogens with zero attached hydrogens (tertiary/aromatic N) is 1. The number of hydrogen-bond acceptors (Lipinski definition) is 3. The van der Waals surface area contributed by atoms with Gasteiger partial charge in [0.05, 0.1) is 18.8 Å². The largest absolute Gasteiger partial charge is 0.496 e. The maximum Gasteiger partial charge on any atom is 0.141 e. The van der Waals surface area contributed by atoms with E-state index in [9.17, 15) is 4.39 Å². The second-order valence-electron chi connectivity index (χ2n) is 3.67. The number of pyridine rings is 1. The third kappa shape index (κ3) is 2.39. The van der Waals surface area contributed by atoms with E-state index in [1.54, 1.807) is 6.20 Å². The molecule has 86 valence electrons. The number of halogens is 1. The first-order valence-corrected chi connectivity index (χ1v) is 5.48. The molecule has 2 heterocycles. The van der Waals surface area contributed by atoms with Gasteiger partial charge >= 0.3 is 0 Å². The first-order valence-electron chi connectivity index (χ1n) is 5.48. The van der Waals surface area contributed by atoms with Gasteiger partial charge in [0.1, 0.15) is 11.6 Å². The van der Waals surface area contributed by atoms with Crippen molar-refractivity contribution in [2.24, 2.45) is 0 Å². The molecule has 16 heavy (non-hydrogen) atoms. The lowest BCUT2D eigenvalue weighted by atomic mass is 10.1. The first-order chi connectivity index (χ1) is 7.81. The summed E-state index contributed by atoms with van der Waals surface area (Å²) in [5.41, 5.74) is 0.801. The van der Waals surface area contributed by atoms with Crippen LogP contribution in [0.3, 0.4) is 0 Å². The normalized spacial score (nSPS) is 16.8. The van der Waals surface area contributed by atoms with Crippen molar-refractivity contribution in [2.45, 2.75) is 19.4 Å². The van der Waals surface area contributed by atoms with Gasteiger partial charge in [-0.15, -0.1) is 0 Å². The molecule has 0 fully saturated rings. The Balaban J connectivity index is 2.24. The molecular formula is C12H15FN2O. The lowest BCUT2D eigenvalue weighted by molar-refractivity contribution is 0.216. The van der Waals surface area contributed by atoms with Crippen LogP contribution in [0.1, 0.15) is 24.9 Å². The standard InChI is InChI=1S/C12H15FN2O/c1-2-15-12(11-4-3-5-16-11)9-6-10(13)8-14-7-9/h4,6-8,12,15H,2-3,5H2,1H3. The van der Waals surface area contributed by atoms with Gasteiger partial charge in [-0.2, -0.15) is 0 Å². The summed E-state index contributed by atoms with van der Waals surface area (Å²) < 4.78 is 18.6. The van der Waals surface area contributed by atoms with Crippen LogP contribution in [0.5, 0.6) is 0 Å². The summed E-state index contributed by atoms with van der Waals surface area (Å²) in [6.45, 7) is 3.51. The molecule has 0 spiro atoms.